The van der Waals surface area contributed by atoms with Gasteiger partial charge in [0.15, 0.2) is 0 Å². The van der Waals surface area contributed by atoms with Crippen molar-refractivity contribution in [2.45, 2.75) is 13.8 Å². The molecule has 2 aromatic heterocycles. The molecule has 1 amide bonds. The van der Waals surface area contributed by atoms with Gasteiger partial charge in [0.2, 0.25) is 0 Å². The zero-order valence-corrected chi connectivity index (χ0v) is 11.9. The number of rotatable bonds is 4. The van der Waals surface area contributed by atoms with Crippen molar-refractivity contribution in [3.05, 3.63) is 22.5 Å². The van der Waals surface area contributed by atoms with Crippen molar-refractivity contribution in [2.24, 2.45) is 7.05 Å². The predicted molar refractivity (Wildman–Crippen MR) is 73.2 cm³/mol. The average Bonchev–Trinajstić information content (AvgIpc) is 2.93. The van der Waals surface area contributed by atoms with E-state index in [0.29, 0.717) is 4.88 Å². The summed E-state index contributed by atoms with van der Waals surface area (Å²) in [6.07, 6.45) is 1.55. The molecule has 0 aliphatic rings. The molecule has 2 rings (SSSR count). The highest BCUT2D eigenvalue weighted by Gasteiger charge is 2.17. The minimum Gasteiger partial charge on any atom is -0.395 e. The molecule has 0 fully saturated rings. The molecule has 2 N–H and O–H groups in total. The first kappa shape index (κ1) is 13.7. The van der Waals surface area contributed by atoms with Gasteiger partial charge in [-0.05, 0) is 13.8 Å². The zero-order chi connectivity index (χ0) is 14.0. The van der Waals surface area contributed by atoms with Crippen LogP contribution in [-0.2, 0) is 7.05 Å². The number of amides is 1. The summed E-state index contributed by atoms with van der Waals surface area (Å²) < 4.78 is 1.80. The van der Waals surface area contributed by atoms with Gasteiger partial charge in [-0.1, -0.05) is 0 Å². The topological polar surface area (TPSA) is 80.0 Å². The second-order valence-electron chi connectivity index (χ2n) is 4.18. The summed E-state index contributed by atoms with van der Waals surface area (Å²) in [5.41, 5.74) is 2.90. The molecule has 102 valence electrons. The van der Waals surface area contributed by atoms with E-state index in [9.17, 15) is 4.79 Å². The van der Waals surface area contributed by atoms with Crippen LogP contribution in [0.15, 0.2) is 6.20 Å². The maximum Gasteiger partial charge on any atom is 0.263 e. The molecule has 6 nitrogen and oxygen atoms in total. The number of carbonyl (C=O) groups is 1. The molecule has 0 radical (unpaired) electrons. The molecule has 0 bridgehead atoms. The maximum absolute atomic E-state index is 11.8. The lowest BCUT2D eigenvalue weighted by Crippen LogP contribution is -2.25. The number of thiazole rings is 1. The third-order valence-electron chi connectivity index (χ3n) is 2.85. The van der Waals surface area contributed by atoms with E-state index in [1.807, 2.05) is 20.9 Å². The molecule has 19 heavy (non-hydrogen) atoms. The summed E-state index contributed by atoms with van der Waals surface area (Å²) in [6.45, 7) is 4.08. The summed E-state index contributed by atoms with van der Waals surface area (Å²) in [7, 11) is 1.88. The quantitative estimate of drug-likeness (QED) is 0.871. The number of aliphatic hydroxyl groups excluding tert-OH is 1. The lowest BCUT2D eigenvalue weighted by atomic mass is 10.2. The largest absolute Gasteiger partial charge is 0.395 e. The number of nitrogens with one attached hydrogen (secondary N) is 1. The van der Waals surface area contributed by atoms with Gasteiger partial charge in [-0.25, -0.2) is 4.98 Å². The Bertz CT molecular complexity index is 603. The fraction of sp³-hybridized carbons (Fsp3) is 0.417. The summed E-state index contributed by atoms with van der Waals surface area (Å²) in [5.74, 6) is -0.211. The maximum atomic E-state index is 11.8. The molecular formula is C12H16N4O2S. The molecule has 0 unspecified atom stereocenters. The van der Waals surface area contributed by atoms with E-state index in [4.69, 9.17) is 5.11 Å². The number of nitrogens with zero attached hydrogens (tertiary/aromatic N) is 3. The van der Waals surface area contributed by atoms with E-state index in [1.165, 1.54) is 11.3 Å². The third kappa shape index (κ3) is 2.66. The lowest BCUT2D eigenvalue weighted by molar-refractivity contribution is 0.0948. The summed E-state index contributed by atoms with van der Waals surface area (Å²) in [4.78, 5) is 16.6. The Morgan fingerprint density at radius 3 is 2.84 bits per heavy atom. The highest BCUT2D eigenvalue weighted by atomic mass is 32.1. The van der Waals surface area contributed by atoms with Gasteiger partial charge in [0.1, 0.15) is 9.88 Å². The SMILES string of the molecule is Cc1nn(C)c(C)c1-c1ncc(C(=O)NCCO)s1. The lowest BCUT2D eigenvalue weighted by Gasteiger charge is -1.99. The molecule has 0 atom stereocenters. The van der Waals surface area contributed by atoms with Crippen LogP contribution >= 0.6 is 11.3 Å². The average molecular weight is 280 g/mol. The Balaban J connectivity index is 2.28. The van der Waals surface area contributed by atoms with Crippen LogP contribution in [-0.4, -0.2) is 38.9 Å². The Morgan fingerprint density at radius 2 is 2.26 bits per heavy atom. The number of hydrogen-bond acceptors (Lipinski definition) is 5. The Morgan fingerprint density at radius 1 is 1.53 bits per heavy atom. The fourth-order valence-electron chi connectivity index (χ4n) is 1.83. The Labute approximate surface area is 115 Å². The first-order chi connectivity index (χ1) is 9.04. The van der Waals surface area contributed by atoms with Crippen LogP contribution in [0.3, 0.4) is 0 Å². The zero-order valence-electron chi connectivity index (χ0n) is 11.1. The summed E-state index contributed by atoms with van der Waals surface area (Å²) >= 11 is 1.33. The molecule has 0 aliphatic heterocycles. The van der Waals surface area contributed by atoms with Crippen LogP contribution in [0.4, 0.5) is 0 Å². The first-order valence-corrected chi connectivity index (χ1v) is 6.71. The van der Waals surface area contributed by atoms with Crippen molar-refractivity contribution in [3.8, 4) is 10.6 Å². The fourth-order valence-corrected chi connectivity index (χ4v) is 2.82. The van der Waals surface area contributed by atoms with Crippen molar-refractivity contribution in [1.82, 2.24) is 20.1 Å². The highest BCUT2D eigenvalue weighted by Crippen LogP contribution is 2.30. The minimum atomic E-state index is -0.211. The van der Waals surface area contributed by atoms with Gasteiger partial charge in [-0.3, -0.25) is 9.48 Å². The van der Waals surface area contributed by atoms with E-state index in [1.54, 1.807) is 10.9 Å². The molecule has 0 aromatic carbocycles. The van der Waals surface area contributed by atoms with E-state index >= 15 is 0 Å². The highest BCUT2D eigenvalue weighted by molar-refractivity contribution is 7.16. The number of aryl methyl sites for hydroxylation is 2. The van der Waals surface area contributed by atoms with Crippen molar-refractivity contribution in [2.75, 3.05) is 13.2 Å². The molecule has 0 spiro atoms. The molecular weight excluding hydrogens is 264 g/mol. The monoisotopic (exact) mass is 280 g/mol. The van der Waals surface area contributed by atoms with Crippen LogP contribution in [0.2, 0.25) is 0 Å². The molecule has 0 saturated carbocycles. The second kappa shape index (κ2) is 5.50. The standard InChI is InChI=1S/C12H16N4O2S/c1-7-10(8(2)16(3)15-7)12-14-6-9(19-12)11(18)13-4-5-17/h6,17H,4-5H2,1-3H3,(H,13,18). The van der Waals surface area contributed by atoms with Crippen LogP contribution in [0.1, 0.15) is 21.1 Å². The van der Waals surface area contributed by atoms with Gasteiger partial charge in [0, 0.05) is 19.3 Å². The summed E-state index contributed by atoms with van der Waals surface area (Å²) in [6, 6.07) is 0. The van der Waals surface area contributed by atoms with E-state index in [-0.39, 0.29) is 19.1 Å². The van der Waals surface area contributed by atoms with Crippen molar-refractivity contribution >= 4 is 17.2 Å². The van der Waals surface area contributed by atoms with Gasteiger partial charge in [-0.15, -0.1) is 11.3 Å². The van der Waals surface area contributed by atoms with Gasteiger partial charge in [0.05, 0.1) is 24.1 Å². The van der Waals surface area contributed by atoms with Crippen LogP contribution in [0.25, 0.3) is 10.6 Å². The van der Waals surface area contributed by atoms with E-state index in [0.717, 1.165) is 22.0 Å². The molecule has 0 saturated heterocycles. The minimum absolute atomic E-state index is 0.0712. The van der Waals surface area contributed by atoms with Crippen molar-refractivity contribution < 1.29 is 9.90 Å². The predicted octanol–water partition coefficient (Wildman–Crippen LogP) is 0.883. The molecule has 7 heteroatoms. The van der Waals surface area contributed by atoms with Crippen LogP contribution in [0, 0.1) is 13.8 Å². The van der Waals surface area contributed by atoms with Gasteiger partial charge >= 0.3 is 0 Å². The molecule has 2 aromatic rings. The Hall–Kier alpha value is -1.73. The van der Waals surface area contributed by atoms with Crippen molar-refractivity contribution in [3.63, 3.8) is 0 Å². The number of aliphatic hydroxyl groups is 1. The third-order valence-corrected chi connectivity index (χ3v) is 3.86. The van der Waals surface area contributed by atoms with E-state index in [2.05, 4.69) is 15.4 Å². The normalized spacial score (nSPS) is 10.7. The second-order valence-corrected chi connectivity index (χ2v) is 5.21. The molecule has 2 heterocycles. The van der Waals surface area contributed by atoms with E-state index < -0.39 is 0 Å². The van der Waals surface area contributed by atoms with Gasteiger partial charge in [0.25, 0.3) is 5.91 Å². The van der Waals surface area contributed by atoms with Crippen LogP contribution < -0.4 is 5.32 Å². The van der Waals surface area contributed by atoms with Gasteiger partial charge < -0.3 is 10.4 Å². The smallest absolute Gasteiger partial charge is 0.263 e. The summed E-state index contributed by atoms with van der Waals surface area (Å²) in [5, 5.41) is 16.4. The Kier molecular flexibility index (Phi) is 3.96. The van der Waals surface area contributed by atoms with Crippen molar-refractivity contribution in [1.29, 1.82) is 0 Å². The van der Waals surface area contributed by atoms with Crippen LogP contribution in [0.5, 0.6) is 0 Å². The number of carbonyl (C=O) groups excluding carboxylic acids is 1. The van der Waals surface area contributed by atoms with Gasteiger partial charge in [-0.2, -0.15) is 5.10 Å². The number of hydrogen-bond donors (Lipinski definition) is 2. The first-order valence-electron chi connectivity index (χ1n) is 5.90. The molecule has 0 aliphatic carbocycles. The number of aromatic nitrogens is 3.